The summed E-state index contributed by atoms with van der Waals surface area (Å²) in [5.41, 5.74) is 5.71. The van der Waals surface area contributed by atoms with Gasteiger partial charge in [-0.15, -0.1) is 0 Å². The molecule has 0 aliphatic rings. The summed E-state index contributed by atoms with van der Waals surface area (Å²) in [4.78, 5) is 0. The Morgan fingerprint density at radius 1 is 0.520 bits per heavy atom. The predicted molar refractivity (Wildman–Crippen MR) is 105 cm³/mol. The average Bonchev–Trinajstić information content (AvgIpc) is 3.13. The van der Waals surface area contributed by atoms with E-state index in [1.807, 2.05) is 12.3 Å². The normalized spacial score (nSPS) is 11.2. The predicted octanol–water partition coefficient (Wildman–Crippen LogP) is 6.92. The van der Waals surface area contributed by atoms with Crippen LogP contribution in [0.1, 0.15) is 0 Å². The SMILES string of the molecule is c1ccc(-c2ccc(-c3coc4ccc5ccccc5c34)cc2)cc1. The van der Waals surface area contributed by atoms with Crippen LogP contribution in [0.15, 0.2) is 102 Å². The van der Waals surface area contributed by atoms with Crippen LogP contribution in [-0.2, 0) is 0 Å². The van der Waals surface area contributed by atoms with Crippen LogP contribution in [0.4, 0.5) is 0 Å². The standard InChI is InChI=1S/C24H16O/c1-2-6-17(7-3-1)18-10-12-20(13-11-18)22-16-25-23-15-14-19-8-4-5-9-21(19)24(22)23/h1-16H. The maximum Gasteiger partial charge on any atom is 0.135 e. The summed E-state index contributed by atoms with van der Waals surface area (Å²) in [6, 6.07) is 31.8. The summed E-state index contributed by atoms with van der Waals surface area (Å²) < 4.78 is 5.83. The van der Waals surface area contributed by atoms with Crippen LogP contribution >= 0.6 is 0 Å². The van der Waals surface area contributed by atoms with Gasteiger partial charge in [-0.05, 0) is 33.5 Å². The van der Waals surface area contributed by atoms with Gasteiger partial charge >= 0.3 is 0 Å². The second-order valence-corrected chi connectivity index (χ2v) is 6.25. The fourth-order valence-corrected chi connectivity index (χ4v) is 3.49. The first-order chi connectivity index (χ1) is 12.4. The minimum Gasteiger partial charge on any atom is -0.464 e. The van der Waals surface area contributed by atoms with E-state index in [1.165, 1.54) is 32.8 Å². The second kappa shape index (κ2) is 5.64. The van der Waals surface area contributed by atoms with E-state index in [2.05, 4.69) is 84.9 Å². The number of hydrogen-bond acceptors (Lipinski definition) is 1. The van der Waals surface area contributed by atoms with Gasteiger partial charge in [0.25, 0.3) is 0 Å². The van der Waals surface area contributed by atoms with E-state index in [1.54, 1.807) is 0 Å². The summed E-state index contributed by atoms with van der Waals surface area (Å²) in [6.07, 6.45) is 1.87. The van der Waals surface area contributed by atoms with E-state index in [9.17, 15) is 0 Å². The van der Waals surface area contributed by atoms with Gasteiger partial charge in [-0.2, -0.15) is 0 Å². The van der Waals surface area contributed by atoms with Crippen LogP contribution < -0.4 is 0 Å². The molecule has 0 unspecified atom stereocenters. The molecule has 1 nitrogen and oxygen atoms in total. The van der Waals surface area contributed by atoms with E-state index < -0.39 is 0 Å². The lowest BCUT2D eigenvalue weighted by Gasteiger charge is -2.05. The van der Waals surface area contributed by atoms with Crippen molar-refractivity contribution in [1.29, 1.82) is 0 Å². The van der Waals surface area contributed by atoms with Crippen LogP contribution in [0.3, 0.4) is 0 Å². The first-order valence-corrected chi connectivity index (χ1v) is 8.45. The lowest BCUT2D eigenvalue weighted by Crippen LogP contribution is -1.80. The quantitative estimate of drug-likeness (QED) is 0.344. The maximum absolute atomic E-state index is 5.83. The smallest absolute Gasteiger partial charge is 0.135 e. The molecule has 0 saturated carbocycles. The van der Waals surface area contributed by atoms with Gasteiger partial charge in [0.2, 0.25) is 0 Å². The lowest BCUT2D eigenvalue weighted by molar-refractivity contribution is 0.617. The maximum atomic E-state index is 5.83. The van der Waals surface area contributed by atoms with Crippen molar-refractivity contribution in [1.82, 2.24) is 0 Å². The van der Waals surface area contributed by atoms with Crippen molar-refractivity contribution < 1.29 is 4.42 Å². The van der Waals surface area contributed by atoms with E-state index in [-0.39, 0.29) is 0 Å². The second-order valence-electron chi connectivity index (χ2n) is 6.25. The first-order valence-electron chi connectivity index (χ1n) is 8.45. The van der Waals surface area contributed by atoms with Crippen LogP contribution in [0.25, 0.3) is 44.0 Å². The molecule has 0 amide bonds. The summed E-state index contributed by atoms with van der Waals surface area (Å²) in [7, 11) is 0. The zero-order valence-electron chi connectivity index (χ0n) is 13.6. The zero-order chi connectivity index (χ0) is 16.6. The average molecular weight is 320 g/mol. The highest BCUT2D eigenvalue weighted by Crippen LogP contribution is 2.36. The van der Waals surface area contributed by atoms with Crippen molar-refractivity contribution in [3.8, 4) is 22.3 Å². The highest BCUT2D eigenvalue weighted by atomic mass is 16.3. The van der Waals surface area contributed by atoms with Gasteiger partial charge in [-0.3, -0.25) is 0 Å². The Morgan fingerprint density at radius 2 is 1.20 bits per heavy atom. The third-order valence-corrected chi connectivity index (χ3v) is 4.77. The molecular weight excluding hydrogens is 304 g/mol. The number of furan rings is 1. The van der Waals surface area contributed by atoms with Gasteiger partial charge in [0.1, 0.15) is 5.58 Å². The molecule has 0 aliphatic heterocycles. The van der Waals surface area contributed by atoms with Crippen LogP contribution in [0.2, 0.25) is 0 Å². The van der Waals surface area contributed by atoms with Crippen LogP contribution in [0.5, 0.6) is 0 Å². The number of hydrogen-bond donors (Lipinski definition) is 0. The summed E-state index contributed by atoms with van der Waals surface area (Å²) in [5, 5.41) is 3.65. The van der Waals surface area contributed by atoms with Gasteiger partial charge in [-0.1, -0.05) is 84.9 Å². The molecule has 0 fully saturated rings. The van der Waals surface area contributed by atoms with E-state index in [0.717, 1.165) is 11.1 Å². The zero-order valence-corrected chi connectivity index (χ0v) is 13.6. The van der Waals surface area contributed by atoms with E-state index in [0.29, 0.717) is 0 Å². The molecule has 0 radical (unpaired) electrons. The third-order valence-electron chi connectivity index (χ3n) is 4.77. The van der Waals surface area contributed by atoms with Crippen LogP contribution in [0, 0.1) is 0 Å². The Balaban J connectivity index is 1.67. The molecule has 1 heterocycles. The molecule has 5 aromatic rings. The third kappa shape index (κ3) is 2.33. The van der Waals surface area contributed by atoms with Crippen molar-refractivity contribution in [2.45, 2.75) is 0 Å². The molecule has 0 spiro atoms. The summed E-state index contributed by atoms with van der Waals surface area (Å²) >= 11 is 0. The van der Waals surface area contributed by atoms with Gasteiger partial charge in [-0.25, -0.2) is 0 Å². The molecular formula is C24H16O. The van der Waals surface area contributed by atoms with Crippen molar-refractivity contribution >= 4 is 21.7 Å². The Kier molecular flexibility index (Phi) is 3.17. The first kappa shape index (κ1) is 14.1. The lowest BCUT2D eigenvalue weighted by atomic mass is 9.97. The van der Waals surface area contributed by atoms with Gasteiger partial charge in [0.05, 0.1) is 6.26 Å². The van der Waals surface area contributed by atoms with Crippen molar-refractivity contribution in [2.24, 2.45) is 0 Å². The monoisotopic (exact) mass is 320 g/mol. The molecule has 0 saturated heterocycles. The fourth-order valence-electron chi connectivity index (χ4n) is 3.49. The Bertz CT molecular complexity index is 1170. The molecule has 5 rings (SSSR count). The van der Waals surface area contributed by atoms with Gasteiger partial charge < -0.3 is 4.42 Å². The number of benzene rings is 4. The minimum absolute atomic E-state index is 0.931. The minimum atomic E-state index is 0.931. The number of fused-ring (bicyclic) bond motifs is 3. The highest BCUT2D eigenvalue weighted by molar-refractivity contribution is 6.12. The fraction of sp³-hybridized carbons (Fsp3) is 0. The number of rotatable bonds is 2. The molecule has 0 bridgehead atoms. The molecule has 4 aromatic carbocycles. The molecule has 1 aromatic heterocycles. The largest absolute Gasteiger partial charge is 0.464 e. The van der Waals surface area contributed by atoms with E-state index in [4.69, 9.17) is 4.42 Å². The Hall–Kier alpha value is -3.32. The molecule has 0 N–H and O–H groups in total. The Labute approximate surface area is 146 Å². The van der Waals surface area contributed by atoms with E-state index >= 15 is 0 Å². The van der Waals surface area contributed by atoms with Gasteiger partial charge in [0.15, 0.2) is 0 Å². The molecule has 25 heavy (non-hydrogen) atoms. The van der Waals surface area contributed by atoms with Crippen molar-refractivity contribution in [3.63, 3.8) is 0 Å². The van der Waals surface area contributed by atoms with Crippen molar-refractivity contribution in [2.75, 3.05) is 0 Å². The Morgan fingerprint density at radius 3 is 2.04 bits per heavy atom. The van der Waals surface area contributed by atoms with Gasteiger partial charge in [0, 0.05) is 10.9 Å². The molecule has 0 atom stereocenters. The molecule has 0 aliphatic carbocycles. The molecule has 118 valence electrons. The van der Waals surface area contributed by atoms with Crippen LogP contribution in [-0.4, -0.2) is 0 Å². The highest BCUT2D eigenvalue weighted by Gasteiger charge is 2.11. The summed E-state index contributed by atoms with van der Waals surface area (Å²) in [6.45, 7) is 0. The summed E-state index contributed by atoms with van der Waals surface area (Å²) in [5.74, 6) is 0. The molecule has 1 heteroatoms. The van der Waals surface area contributed by atoms with Crippen molar-refractivity contribution in [3.05, 3.63) is 97.3 Å². The topological polar surface area (TPSA) is 13.1 Å².